The molecule has 1 heterocycles. The lowest BCUT2D eigenvalue weighted by Gasteiger charge is -2.45. The number of aliphatic carboxylic acids is 1. The van der Waals surface area contributed by atoms with Gasteiger partial charge in [0.2, 0.25) is 0 Å². The second-order valence-electron chi connectivity index (χ2n) is 7.12. The lowest BCUT2D eigenvalue weighted by atomic mass is 9.63. The molecule has 4 unspecified atom stereocenters. The second-order valence-corrected chi connectivity index (χ2v) is 7.12. The standard InChI is InChI=1S/C17H22N2O2.C2HF3O2/c1-21-16-5-3-2-4-14(16)17(20)9-12(6-7-18)8-13-10-19-11-15(13)17;3-2(4,5)1(6)7/h2-5,12-13,15,19-20H,6,8-11H2,1H3;(H,6,7). The molecular weight excluding hydrogens is 377 g/mol. The predicted molar refractivity (Wildman–Crippen MR) is 93.4 cm³/mol. The minimum atomic E-state index is -5.08. The van der Waals surface area contributed by atoms with Crippen LogP contribution in [0.5, 0.6) is 5.75 Å². The van der Waals surface area contributed by atoms with Crippen LogP contribution in [0.15, 0.2) is 24.3 Å². The summed E-state index contributed by atoms with van der Waals surface area (Å²) in [6, 6.07) is 10.0. The van der Waals surface area contributed by atoms with E-state index >= 15 is 0 Å². The molecule has 0 bridgehead atoms. The van der Waals surface area contributed by atoms with Crippen LogP contribution in [-0.4, -0.2) is 42.6 Å². The number of para-hydroxylation sites is 1. The summed E-state index contributed by atoms with van der Waals surface area (Å²) in [4.78, 5) is 8.90. The van der Waals surface area contributed by atoms with Crippen LogP contribution in [0.3, 0.4) is 0 Å². The first-order chi connectivity index (χ1) is 13.1. The topological polar surface area (TPSA) is 103 Å². The third kappa shape index (κ3) is 4.75. The minimum Gasteiger partial charge on any atom is -0.496 e. The monoisotopic (exact) mass is 400 g/mol. The van der Waals surface area contributed by atoms with Crippen molar-refractivity contribution >= 4 is 5.97 Å². The first-order valence-corrected chi connectivity index (χ1v) is 8.87. The zero-order valence-corrected chi connectivity index (χ0v) is 15.4. The third-order valence-electron chi connectivity index (χ3n) is 5.39. The van der Waals surface area contributed by atoms with Crippen LogP contribution in [0.25, 0.3) is 0 Å². The van der Waals surface area contributed by atoms with Crippen LogP contribution in [0.1, 0.15) is 24.8 Å². The highest BCUT2D eigenvalue weighted by atomic mass is 19.4. The number of carboxylic acids is 1. The van der Waals surface area contributed by atoms with Crippen LogP contribution in [0.2, 0.25) is 0 Å². The Labute approximate surface area is 160 Å². The summed E-state index contributed by atoms with van der Waals surface area (Å²) in [5.41, 5.74) is -0.0329. The fourth-order valence-corrected chi connectivity index (χ4v) is 4.24. The number of benzene rings is 1. The number of rotatable bonds is 3. The summed E-state index contributed by atoms with van der Waals surface area (Å²) in [5, 5.41) is 31.1. The molecule has 28 heavy (non-hydrogen) atoms. The number of methoxy groups -OCH3 is 1. The Hall–Kier alpha value is -2.31. The quantitative estimate of drug-likeness (QED) is 0.721. The van der Waals surface area contributed by atoms with Crippen molar-refractivity contribution in [3.63, 3.8) is 0 Å². The van der Waals surface area contributed by atoms with E-state index < -0.39 is 17.7 Å². The van der Waals surface area contributed by atoms with Gasteiger partial charge in [0.15, 0.2) is 0 Å². The number of hydrogen-bond donors (Lipinski definition) is 3. The first-order valence-electron chi connectivity index (χ1n) is 8.87. The Morgan fingerprint density at radius 1 is 1.39 bits per heavy atom. The van der Waals surface area contributed by atoms with Crippen molar-refractivity contribution in [3.05, 3.63) is 29.8 Å². The SMILES string of the molecule is COc1ccccc1C1(O)CC(CC#N)CC2CNCC21.O=C(O)C(F)(F)F. The van der Waals surface area contributed by atoms with Gasteiger partial charge in [-0.15, -0.1) is 0 Å². The molecule has 2 fully saturated rings. The number of aliphatic hydroxyl groups is 1. The summed E-state index contributed by atoms with van der Waals surface area (Å²) >= 11 is 0. The number of fused-ring (bicyclic) bond motifs is 1. The van der Waals surface area contributed by atoms with Crippen molar-refractivity contribution in [1.82, 2.24) is 5.32 Å². The van der Waals surface area contributed by atoms with Crippen LogP contribution in [-0.2, 0) is 10.4 Å². The number of nitrogens with zero attached hydrogens (tertiary/aromatic N) is 1. The van der Waals surface area contributed by atoms with Crippen LogP contribution in [0.4, 0.5) is 13.2 Å². The Morgan fingerprint density at radius 2 is 2.04 bits per heavy atom. The molecule has 154 valence electrons. The number of nitriles is 1. The molecule has 1 aliphatic heterocycles. The van der Waals surface area contributed by atoms with Crippen molar-refractivity contribution in [3.8, 4) is 11.8 Å². The lowest BCUT2D eigenvalue weighted by Crippen LogP contribution is -2.45. The highest BCUT2D eigenvalue weighted by Crippen LogP contribution is 2.51. The molecule has 1 aliphatic carbocycles. The number of carboxylic acid groups (broad SMARTS) is 1. The number of carbonyl (C=O) groups is 1. The molecule has 0 spiro atoms. The zero-order chi connectivity index (χ0) is 20.9. The minimum absolute atomic E-state index is 0.198. The van der Waals surface area contributed by atoms with Crippen LogP contribution in [0, 0.1) is 29.1 Å². The predicted octanol–water partition coefficient (Wildman–Crippen LogP) is 2.68. The van der Waals surface area contributed by atoms with E-state index in [0.29, 0.717) is 18.8 Å². The number of nitrogens with one attached hydrogen (secondary N) is 1. The average molecular weight is 400 g/mol. The van der Waals surface area contributed by atoms with Crippen LogP contribution < -0.4 is 10.1 Å². The van der Waals surface area contributed by atoms with E-state index in [2.05, 4.69) is 11.4 Å². The van der Waals surface area contributed by atoms with Gasteiger partial charge in [-0.1, -0.05) is 18.2 Å². The van der Waals surface area contributed by atoms with E-state index in [1.807, 2.05) is 24.3 Å². The Bertz CT molecular complexity index is 735. The normalized spacial score (nSPS) is 29.1. The zero-order valence-electron chi connectivity index (χ0n) is 15.4. The Balaban J connectivity index is 0.000000345. The van der Waals surface area contributed by atoms with E-state index in [1.165, 1.54) is 0 Å². The highest BCUT2D eigenvalue weighted by molar-refractivity contribution is 5.73. The first kappa shape index (κ1) is 22.0. The second kappa shape index (κ2) is 8.80. The van der Waals surface area contributed by atoms with Crippen molar-refractivity contribution in [2.75, 3.05) is 20.2 Å². The molecule has 0 aromatic heterocycles. The lowest BCUT2D eigenvalue weighted by molar-refractivity contribution is -0.192. The highest BCUT2D eigenvalue weighted by Gasteiger charge is 2.51. The van der Waals surface area contributed by atoms with Crippen molar-refractivity contribution in [2.24, 2.45) is 17.8 Å². The summed E-state index contributed by atoms with van der Waals surface area (Å²) in [6.45, 7) is 1.77. The molecule has 1 aromatic carbocycles. The van der Waals surface area contributed by atoms with Crippen molar-refractivity contribution in [2.45, 2.75) is 31.0 Å². The average Bonchev–Trinajstić information content (AvgIpc) is 3.11. The summed E-state index contributed by atoms with van der Waals surface area (Å²) in [6.07, 6.45) is -2.90. The van der Waals surface area contributed by atoms with Crippen LogP contribution >= 0.6 is 0 Å². The smallest absolute Gasteiger partial charge is 0.490 e. The van der Waals surface area contributed by atoms with E-state index in [-0.39, 0.29) is 11.8 Å². The summed E-state index contributed by atoms with van der Waals surface area (Å²) < 4.78 is 37.2. The van der Waals surface area contributed by atoms with Crippen molar-refractivity contribution in [1.29, 1.82) is 5.26 Å². The van der Waals surface area contributed by atoms with Crippen molar-refractivity contribution < 1.29 is 32.9 Å². The molecule has 0 radical (unpaired) electrons. The number of halogens is 3. The van der Waals surface area contributed by atoms with Gasteiger partial charge in [-0.2, -0.15) is 18.4 Å². The van der Waals surface area contributed by atoms with Gasteiger partial charge >= 0.3 is 12.1 Å². The van der Waals surface area contributed by atoms with E-state index in [0.717, 1.165) is 30.8 Å². The van der Waals surface area contributed by atoms with E-state index in [4.69, 9.17) is 19.9 Å². The Kier molecular flexibility index (Phi) is 6.91. The van der Waals surface area contributed by atoms with Gasteiger partial charge in [0, 0.05) is 24.4 Å². The maximum atomic E-state index is 11.5. The third-order valence-corrected chi connectivity index (χ3v) is 5.39. The molecule has 6 nitrogen and oxygen atoms in total. The molecule has 0 amide bonds. The van der Waals surface area contributed by atoms with Gasteiger partial charge < -0.3 is 20.3 Å². The van der Waals surface area contributed by atoms with E-state index in [1.54, 1.807) is 7.11 Å². The largest absolute Gasteiger partial charge is 0.496 e. The van der Waals surface area contributed by atoms with E-state index in [9.17, 15) is 18.3 Å². The molecule has 2 aliphatic rings. The molecule has 4 atom stereocenters. The van der Waals surface area contributed by atoms with Gasteiger partial charge in [0.05, 0.1) is 18.8 Å². The fourth-order valence-electron chi connectivity index (χ4n) is 4.24. The Morgan fingerprint density at radius 3 is 2.61 bits per heavy atom. The van der Waals surface area contributed by atoms with Gasteiger partial charge in [-0.05, 0) is 37.3 Å². The van der Waals surface area contributed by atoms with Gasteiger partial charge in [0.1, 0.15) is 5.75 Å². The van der Waals surface area contributed by atoms with Gasteiger partial charge in [-0.3, -0.25) is 0 Å². The van der Waals surface area contributed by atoms with Gasteiger partial charge in [-0.25, -0.2) is 4.79 Å². The molecule has 3 rings (SSSR count). The molecule has 9 heteroatoms. The number of ether oxygens (including phenoxy) is 1. The fraction of sp³-hybridized carbons (Fsp3) is 0.579. The maximum Gasteiger partial charge on any atom is 0.490 e. The molecule has 1 aromatic rings. The maximum absolute atomic E-state index is 11.5. The van der Waals surface area contributed by atoms with Gasteiger partial charge in [0.25, 0.3) is 0 Å². The molecule has 3 N–H and O–H groups in total. The summed E-state index contributed by atoms with van der Waals surface area (Å²) in [5.74, 6) is -1.13. The number of hydrogen-bond acceptors (Lipinski definition) is 5. The molecule has 1 saturated heterocycles. The summed E-state index contributed by atoms with van der Waals surface area (Å²) in [7, 11) is 1.64. The number of alkyl halides is 3. The molecular formula is C19H23F3N2O4. The molecule has 1 saturated carbocycles.